The van der Waals surface area contributed by atoms with Crippen LogP contribution in [0.25, 0.3) is 0 Å². The van der Waals surface area contributed by atoms with Crippen LogP contribution in [0, 0.1) is 5.82 Å². The zero-order valence-electron chi connectivity index (χ0n) is 10.3. The average molecular weight is 292 g/mol. The molecule has 0 aliphatic carbocycles. The summed E-state index contributed by atoms with van der Waals surface area (Å²) in [5.74, 6) is -1.54. The molecule has 0 saturated carbocycles. The molecular formula is C15H11ClFNO2. The van der Waals surface area contributed by atoms with Gasteiger partial charge in [0.1, 0.15) is 5.82 Å². The zero-order valence-corrected chi connectivity index (χ0v) is 11.1. The lowest BCUT2D eigenvalue weighted by Gasteiger charge is -2.09. The number of halogens is 2. The van der Waals surface area contributed by atoms with E-state index >= 15 is 0 Å². The van der Waals surface area contributed by atoms with Gasteiger partial charge in [-0.05, 0) is 24.3 Å². The van der Waals surface area contributed by atoms with Crippen LogP contribution in [0.4, 0.5) is 10.1 Å². The second-order valence-corrected chi connectivity index (χ2v) is 4.53. The Morgan fingerprint density at radius 3 is 2.20 bits per heavy atom. The van der Waals surface area contributed by atoms with Gasteiger partial charge in [-0.2, -0.15) is 0 Å². The van der Waals surface area contributed by atoms with Gasteiger partial charge in [0.05, 0.1) is 0 Å². The highest BCUT2D eigenvalue weighted by Crippen LogP contribution is 2.13. The van der Waals surface area contributed by atoms with Gasteiger partial charge in [0, 0.05) is 11.3 Å². The fraction of sp³-hybridized carbons (Fsp3) is 0.0667. The molecule has 5 heteroatoms. The summed E-state index contributed by atoms with van der Waals surface area (Å²) >= 11 is 5.86. The fourth-order valence-electron chi connectivity index (χ4n) is 1.61. The second kappa shape index (κ2) is 6.30. The first-order valence-electron chi connectivity index (χ1n) is 5.87. The summed E-state index contributed by atoms with van der Waals surface area (Å²) in [6.07, 6.45) is 0. The number of amides is 1. The first-order valence-corrected chi connectivity index (χ1v) is 6.31. The molecule has 1 amide bonds. The van der Waals surface area contributed by atoms with E-state index in [1.54, 1.807) is 30.3 Å². The van der Waals surface area contributed by atoms with Crippen molar-refractivity contribution in [3.05, 3.63) is 66.0 Å². The topological polar surface area (TPSA) is 46.2 Å². The Morgan fingerprint density at radius 1 is 1.00 bits per heavy atom. The van der Waals surface area contributed by atoms with Crippen LogP contribution in [0.5, 0.6) is 0 Å². The Hall–Kier alpha value is -2.20. The van der Waals surface area contributed by atoms with Crippen molar-refractivity contribution in [2.75, 3.05) is 5.32 Å². The number of hydrogen-bond acceptors (Lipinski definition) is 2. The minimum absolute atomic E-state index is 0.363. The van der Waals surface area contributed by atoms with Crippen molar-refractivity contribution in [1.82, 2.24) is 0 Å². The quantitative estimate of drug-likeness (QED) is 0.534. The molecular weight excluding hydrogens is 281 g/mol. The standard InChI is InChI=1S/C15H11ClFNO2/c16-13(14(19)10-4-2-1-3-5-10)15(20)18-12-8-6-11(17)7-9-12/h1-9,13H,(H,18,20)/t13-/m0/s1. The maximum absolute atomic E-state index is 12.7. The minimum Gasteiger partial charge on any atom is -0.324 e. The number of benzene rings is 2. The number of rotatable bonds is 4. The Balaban J connectivity index is 2.05. The van der Waals surface area contributed by atoms with E-state index in [-0.39, 0.29) is 0 Å². The van der Waals surface area contributed by atoms with E-state index in [0.29, 0.717) is 11.3 Å². The smallest absolute Gasteiger partial charge is 0.250 e. The summed E-state index contributed by atoms with van der Waals surface area (Å²) in [6.45, 7) is 0. The number of Topliss-reactive ketones (excluding diaryl/α,β-unsaturated/α-hetero) is 1. The van der Waals surface area contributed by atoms with E-state index in [9.17, 15) is 14.0 Å². The van der Waals surface area contributed by atoms with Crippen LogP contribution in [0.1, 0.15) is 10.4 Å². The first-order chi connectivity index (χ1) is 9.58. The van der Waals surface area contributed by atoms with E-state index in [0.717, 1.165) is 0 Å². The summed E-state index contributed by atoms with van der Waals surface area (Å²) < 4.78 is 12.7. The lowest BCUT2D eigenvalue weighted by atomic mass is 10.1. The number of anilines is 1. The molecule has 0 aliphatic rings. The Morgan fingerprint density at radius 2 is 1.60 bits per heavy atom. The molecule has 0 bridgehead atoms. The third-order valence-corrected chi connectivity index (χ3v) is 3.03. The van der Waals surface area contributed by atoms with E-state index in [2.05, 4.69) is 5.32 Å². The lowest BCUT2D eigenvalue weighted by Crippen LogP contribution is -2.30. The Kier molecular flexibility index (Phi) is 4.48. The molecule has 2 aromatic rings. The molecule has 0 aliphatic heterocycles. The van der Waals surface area contributed by atoms with Crippen LogP contribution in [-0.4, -0.2) is 17.1 Å². The Labute approximate surface area is 120 Å². The minimum atomic E-state index is -1.33. The van der Waals surface area contributed by atoms with E-state index in [1.807, 2.05) is 0 Å². The van der Waals surface area contributed by atoms with Gasteiger partial charge in [-0.3, -0.25) is 9.59 Å². The summed E-state index contributed by atoms with van der Waals surface area (Å²) in [7, 11) is 0. The van der Waals surface area contributed by atoms with Gasteiger partial charge in [-0.25, -0.2) is 4.39 Å². The molecule has 0 heterocycles. The molecule has 0 spiro atoms. The van der Waals surface area contributed by atoms with Crippen molar-refractivity contribution in [2.24, 2.45) is 0 Å². The van der Waals surface area contributed by atoms with Gasteiger partial charge >= 0.3 is 0 Å². The van der Waals surface area contributed by atoms with Crippen molar-refractivity contribution < 1.29 is 14.0 Å². The van der Waals surface area contributed by atoms with Gasteiger partial charge in [-0.15, -0.1) is 11.6 Å². The Bertz CT molecular complexity index is 614. The predicted molar refractivity (Wildman–Crippen MR) is 75.4 cm³/mol. The van der Waals surface area contributed by atoms with Crippen LogP contribution in [0.2, 0.25) is 0 Å². The highest BCUT2D eigenvalue weighted by Gasteiger charge is 2.25. The summed E-state index contributed by atoms with van der Waals surface area (Å²) in [6, 6.07) is 13.5. The third-order valence-electron chi connectivity index (χ3n) is 2.63. The molecule has 3 nitrogen and oxygen atoms in total. The monoisotopic (exact) mass is 291 g/mol. The molecule has 1 N–H and O–H groups in total. The number of ketones is 1. The van der Waals surface area contributed by atoms with E-state index in [4.69, 9.17) is 11.6 Å². The van der Waals surface area contributed by atoms with Crippen molar-refractivity contribution in [1.29, 1.82) is 0 Å². The average Bonchev–Trinajstić information content (AvgIpc) is 2.49. The van der Waals surface area contributed by atoms with Gasteiger partial charge in [0.25, 0.3) is 0 Å². The van der Waals surface area contributed by atoms with Gasteiger partial charge in [-0.1, -0.05) is 30.3 Å². The lowest BCUT2D eigenvalue weighted by molar-refractivity contribution is -0.115. The highest BCUT2D eigenvalue weighted by molar-refractivity contribution is 6.45. The van der Waals surface area contributed by atoms with Crippen LogP contribution < -0.4 is 5.32 Å². The first kappa shape index (κ1) is 14.2. The van der Waals surface area contributed by atoms with E-state index < -0.39 is 22.9 Å². The van der Waals surface area contributed by atoms with Crippen molar-refractivity contribution in [3.8, 4) is 0 Å². The number of carbonyl (C=O) groups is 2. The molecule has 0 saturated heterocycles. The summed E-state index contributed by atoms with van der Waals surface area (Å²) in [5.41, 5.74) is 0.740. The normalized spacial score (nSPS) is 11.7. The van der Waals surface area contributed by atoms with Crippen LogP contribution in [0.3, 0.4) is 0 Å². The number of hydrogen-bond donors (Lipinski definition) is 1. The molecule has 1 atom stereocenters. The van der Waals surface area contributed by atoms with Crippen molar-refractivity contribution >= 4 is 29.0 Å². The highest BCUT2D eigenvalue weighted by atomic mass is 35.5. The molecule has 102 valence electrons. The van der Waals surface area contributed by atoms with E-state index in [1.165, 1.54) is 24.3 Å². The van der Waals surface area contributed by atoms with Gasteiger partial charge < -0.3 is 5.32 Å². The maximum atomic E-state index is 12.7. The number of nitrogens with one attached hydrogen (secondary N) is 1. The van der Waals surface area contributed by atoms with Crippen molar-refractivity contribution in [2.45, 2.75) is 5.38 Å². The van der Waals surface area contributed by atoms with Crippen LogP contribution in [0.15, 0.2) is 54.6 Å². The molecule has 2 rings (SSSR count). The molecule has 0 fully saturated rings. The molecule has 0 unspecified atom stereocenters. The van der Waals surface area contributed by atoms with Crippen molar-refractivity contribution in [3.63, 3.8) is 0 Å². The second-order valence-electron chi connectivity index (χ2n) is 4.09. The summed E-state index contributed by atoms with van der Waals surface area (Å²) in [5, 5.41) is 1.13. The van der Waals surface area contributed by atoms with Gasteiger partial charge in [0.15, 0.2) is 11.2 Å². The van der Waals surface area contributed by atoms with Gasteiger partial charge in [0.2, 0.25) is 5.91 Å². The molecule has 20 heavy (non-hydrogen) atoms. The molecule has 2 aromatic carbocycles. The third kappa shape index (κ3) is 3.42. The summed E-state index contributed by atoms with van der Waals surface area (Å²) in [4.78, 5) is 23.8. The largest absolute Gasteiger partial charge is 0.324 e. The SMILES string of the molecule is O=C(Nc1ccc(F)cc1)[C@@H](Cl)C(=O)c1ccccc1. The zero-order chi connectivity index (χ0) is 14.5. The predicted octanol–water partition coefficient (Wildman–Crippen LogP) is 3.25. The number of carbonyl (C=O) groups excluding carboxylic acids is 2. The fourth-order valence-corrected chi connectivity index (χ4v) is 1.79. The van der Waals surface area contributed by atoms with Crippen LogP contribution >= 0.6 is 11.6 Å². The molecule has 0 aromatic heterocycles. The number of alkyl halides is 1. The maximum Gasteiger partial charge on any atom is 0.250 e. The molecule has 0 radical (unpaired) electrons. The van der Waals surface area contributed by atoms with Crippen LogP contribution in [-0.2, 0) is 4.79 Å².